The van der Waals surface area contributed by atoms with Gasteiger partial charge in [0, 0.05) is 38.4 Å². The molecule has 26 heavy (non-hydrogen) atoms. The maximum absolute atomic E-state index is 13.0. The molecule has 0 atom stereocenters. The van der Waals surface area contributed by atoms with Gasteiger partial charge in [0.2, 0.25) is 0 Å². The fraction of sp³-hybridized carbons (Fsp3) is 0.381. The molecule has 4 rings (SSSR count). The molecule has 0 saturated carbocycles. The normalized spacial score (nSPS) is 17.2. The second kappa shape index (κ2) is 7.46. The van der Waals surface area contributed by atoms with Crippen molar-refractivity contribution in [3.63, 3.8) is 0 Å². The summed E-state index contributed by atoms with van der Waals surface area (Å²) in [7, 11) is 0. The molecule has 2 aromatic carbocycles. The molecule has 2 amide bonds. The lowest BCUT2D eigenvalue weighted by molar-refractivity contribution is 0.143. The zero-order valence-corrected chi connectivity index (χ0v) is 14.9. The van der Waals surface area contributed by atoms with E-state index in [9.17, 15) is 9.18 Å². The molecule has 1 heterocycles. The van der Waals surface area contributed by atoms with E-state index >= 15 is 0 Å². The minimum absolute atomic E-state index is 0.0237. The molecule has 0 unspecified atom stereocenters. The smallest absolute Gasteiger partial charge is 0.321 e. The maximum Gasteiger partial charge on any atom is 0.321 e. The standard InChI is InChI=1S/C21H24FN3O/c22-19-7-4-16(5-8-19)15-24-10-12-25(13-11-24)21(26)23-20-9-6-17-2-1-3-18(17)14-20/h4-9,14H,1-3,10-13,15H2,(H,23,26). The first-order valence-corrected chi connectivity index (χ1v) is 9.32. The third kappa shape index (κ3) is 3.88. The number of carbonyl (C=O) groups is 1. The zero-order chi connectivity index (χ0) is 17.9. The predicted molar refractivity (Wildman–Crippen MR) is 101 cm³/mol. The van der Waals surface area contributed by atoms with Gasteiger partial charge in [0.1, 0.15) is 5.82 Å². The highest BCUT2D eigenvalue weighted by molar-refractivity contribution is 5.89. The lowest BCUT2D eigenvalue weighted by Crippen LogP contribution is -2.49. The first kappa shape index (κ1) is 17.0. The Morgan fingerprint density at radius 2 is 1.69 bits per heavy atom. The van der Waals surface area contributed by atoms with E-state index in [2.05, 4.69) is 22.3 Å². The summed E-state index contributed by atoms with van der Waals surface area (Å²) in [6.45, 7) is 3.86. The fourth-order valence-electron chi connectivity index (χ4n) is 3.81. The summed E-state index contributed by atoms with van der Waals surface area (Å²) in [6, 6.07) is 12.9. The van der Waals surface area contributed by atoms with Crippen molar-refractivity contribution in [3.8, 4) is 0 Å². The molecule has 1 aliphatic carbocycles. The SMILES string of the molecule is O=C(Nc1ccc2c(c1)CCC2)N1CCN(Cc2ccc(F)cc2)CC1. The molecule has 5 heteroatoms. The van der Waals surface area contributed by atoms with E-state index in [1.54, 1.807) is 0 Å². The zero-order valence-electron chi connectivity index (χ0n) is 14.9. The molecular weight excluding hydrogens is 329 g/mol. The van der Waals surface area contributed by atoms with Gasteiger partial charge in [-0.25, -0.2) is 9.18 Å². The number of amides is 2. The molecule has 4 nitrogen and oxygen atoms in total. The van der Waals surface area contributed by atoms with Crippen LogP contribution in [0.25, 0.3) is 0 Å². The molecule has 136 valence electrons. The summed E-state index contributed by atoms with van der Waals surface area (Å²) in [4.78, 5) is 16.7. The third-order valence-corrected chi connectivity index (χ3v) is 5.33. The number of hydrogen-bond acceptors (Lipinski definition) is 2. The van der Waals surface area contributed by atoms with Crippen LogP contribution in [-0.2, 0) is 19.4 Å². The predicted octanol–water partition coefficient (Wildman–Crippen LogP) is 3.66. The number of aryl methyl sites for hydroxylation is 2. The molecule has 0 bridgehead atoms. The summed E-state index contributed by atoms with van der Waals surface area (Å²) < 4.78 is 13.0. The first-order valence-electron chi connectivity index (χ1n) is 9.32. The number of rotatable bonds is 3. The van der Waals surface area contributed by atoms with Crippen LogP contribution in [0.3, 0.4) is 0 Å². The van der Waals surface area contributed by atoms with Crippen molar-refractivity contribution in [3.05, 3.63) is 65.0 Å². The molecular formula is C21H24FN3O. The molecule has 1 aliphatic heterocycles. The van der Waals surface area contributed by atoms with E-state index < -0.39 is 0 Å². The Morgan fingerprint density at radius 3 is 2.46 bits per heavy atom. The second-order valence-electron chi connectivity index (χ2n) is 7.16. The van der Waals surface area contributed by atoms with Gasteiger partial charge in [-0.1, -0.05) is 18.2 Å². The monoisotopic (exact) mass is 353 g/mol. The number of nitrogens with one attached hydrogen (secondary N) is 1. The van der Waals surface area contributed by atoms with Gasteiger partial charge < -0.3 is 10.2 Å². The van der Waals surface area contributed by atoms with E-state index in [1.807, 2.05) is 23.1 Å². The highest BCUT2D eigenvalue weighted by Crippen LogP contribution is 2.25. The van der Waals surface area contributed by atoms with Gasteiger partial charge in [0.05, 0.1) is 0 Å². The maximum atomic E-state index is 13.0. The Morgan fingerprint density at radius 1 is 0.962 bits per heavy atom. The van der Waals surface area contributed by atoms with Crippen LogP contribution in [0.2, 0.25) is 0 Å². The first-order chi connectivity index (χ1) is 12.7. The van der Waals surface area contributed by atoms with Crippen molar-refractivity contribution in [1.29, 1.82) is 0 Å². The van der Waals surface area contributed by atoms with Crippen LogP contribution in [0, 0.1) is 5.82 Å². The molecule has 0 radical (unpaired) electrons. The molecule has 0 spiro atoms. The molecule has 1 saturated heterocycles. The van der Waals surface area contributed by atoms with E-state index in [0.29, 0.717) is 13.1 Å². The minimum atomic E-state index is -0.207. The van der Waals surface area contributed by atoms with Gasteiger partial charge in [0.15, 0.2) is 0 Å². The molecule has 1 N–H and O–H groups in total. The number of halogens is 1. The number of fused-ring (bicyclic) bond motifs is 1. The number of nitrogens with zero attached hydrogens (tertiary/aromatic N) is 2. The van der Waals surface area contributed by atoms with Crippen molar-refractivity contribution in [1.82, 2.24) is 9.80 Å². The number of urea groups is 1. The highest BCUT2D eigenvalue weighted by atomic mass is 19.1. The number of benzene rings is 2. The van der Waals surface area contributed by atoms with Gasteiger partial charge in [-0.2, -0.15) is 0 Å². The van der Waals surface area contributed by atoms with Crippen LogP contribution in [-0.4, -0.2) is 42.0 Å². The summed E-state index contributed by atoms with van der Waals surface area (Å²) in [5, 5.41) is 3.04. The van der Waals surface area contributed by atoms with Gasteiger partial charge in [-0.15, -0.1) is 0 Å². The minimum Gasteiger partial charge on any atom is -0.322 e. The third-order valence-electron chi connectivity index (χ3n) is 5.33. The van der Waals surface area contributed by atoms with Gasteiger partial charge in [-0.3, -0.25) is 4.90 Å². The van der Waals surface area contributed by atoms with Gasteiger partial charge in [0.25, 0.3) is 0 Å². The van der Waals surface area contributed by atoms with E-state index in [-0.39, 0.29) is 11.8 Å². The Bertz CT molecular complexity index is 782. The van der Waals surface area contributed by atoms with Gasteiger partial charge in [-0.05, 0) is 60.2 Å². The second-order valence-corrected chi connectivity index (χ2v) is 7.16. The number of hydrogen-bond donors (Lipinski definition) is 1. The molecule has 2 aliphatic rings. The van der Waals surface area contributed by atoms with Crippen molar-refractivity contribution < 1.29 is 9.18 Å². The van der Waals surface area contributed by atoms with Crippen LogP contribution in [0.4, 0.5) is 14.9 Å². The van der Waals surface area contributed by atoms with Gasteiger partial charge >= 0.3 is 6.03 Å². The van der Waals surface area contributed by atoms with Crippen LogP contribution in [0.15, 0.2) is 42.5 Å². The van der Waals surface area contributed by atoms with Crippen molar-refractivity contribution >= 4 is 11.7 Å². The van der Waals surface area contributed by atoms with Crippen LogP contribution in [0.1, 0.15) is 23.1 Å². The number of piperazine rings is 1. The number of carbonyl (C=O) groups excluding carboxylic acids is 1. The number of anilines is 1. The summed E-state index contributed by atoms with van der Waals surface area (Å²) >= 11 is 0. The molecule has 1 fully saturated rings. The van der Waals surface area contributed by atoms with Crippen molar-refractivity contribution in [2.45, 2.75) is 25.8 Å². The topological polar surface area (TPSA) is 35.6 Å². The summed E-state index contributed by atoms with van der Waals surface area (Å²) in [5.74, 6) is -0.207. The van der Waals surface area contributed by atoms with Crippen LogP contribution < -0.4 is 5.32 Å². The van der Waals surface area contributed by atoms with Crippen molar-refractivity contribution in [2.75, 3.05) is 31.5 Å². The van der Waals surface area contributed by atoms with Crippen LogP contribution in [0.5, 0.6) is 0 Å². The Labute approximate surface area is 153 Å². The Hall–Kier alpha value is -2.40. The van der Waals surface area contributed by atoms with E-state index in [1.165, 1.54) is 29.7 Å². The highest BCUT2D eigenvalue weighted by Gasteiger charge is 2.21. The molecule has 0 aromatic heterocycles. The Balaban J connectivity index is 1.28. The summed E-state index contributed by atoms with van der Waals surface area (Å²) in [5.41, 5.74) is 4.77. The lowest BCUT2D eigenvalue weighted by Gasteiger charge is -2.34. The largest absolute Gasteiger partial charge is 0.322 e. The molecule has 2 aromatic rings. The quantitative estimate of drug-likeness (QED) is 0.914. The van der Waals surface area contributed by atoms with Crippen LogP contribution >= 0.6 is 0 Å². The van der Waals surface area contributed by atoms with E-state index in [4.69, 9.17) is 0 Å². The Kier molecular flexibility index (Phi) is 4.89. The van der Waals surface area contributed by atoms with Crippen molar-refractivity contribution in [2.24, 2.45) is 0 Å². The van der Waals surface area contributed by atoms with E-state index in [0.717, 1.165) is 43.7 Å². The average molecular weight is 353 g/mol. The lowest BCUT2D eigenvalue weighted by atomic mass is 10.1. The average Bonchev–Trinajstić information content (AvgIpc) is 3.12. The summed E-state index contributed by atoms with van der Waals surface area (Å²) in [6.07, 6.45) is 3.48. The fourth-order valence-corrected chi connectivity index (χ4v) is 3.81.